The van der Waals surface area contributed by atoms with Gasteiger partial charge in [-0.2, -0.15) is 0 Å². The molecule has 3 aromatic carbocycles. The molecule has 0 fully saturated rings. The molecule has 0 radical (unpaired) electrons. The van der Waals surface area contributed by atoms with E-state index in [1.807, 2.05) is 18.2 Å². The average Bonchev–Trinajstić information content (AvgIpc) is 3.50. The smallest absolute Gasteiger partial charge is 0.296 e. The van der Waals surface area contributed by atoms with Crippen LogP contribution in [-0.4, -0.2) is 27.0 Å². The van der Waals surface area contributed by atoms with Crippen LogP contribution in [0.15, 0.2) is 101 Å². The zero-order valence-corrected chi connectivity index (χ0v) is 21.3. The molecule has 1 aliphatic rings. The molecule has 6 nitrogen and oxygen atoms in total. The van der Waals surface area contributed by atoms with Gasteiger partial charge in [-0.15, -0.1) is 10.2 Å². The number of anilines is 1. The van der Waals surface area contributed by atoms with E-state index >= 15 is 0 Å². The van der Waals surface area contributed by atoms with Gasteiger partial charge in [-0.25, -0.2) is 8.78 Å². The van der Waals surface area contributed by atoms with Crippen LogP contribution >= 0.6 is 23.1 Å². The number of thioether (sulfide) groups is 1. The van der Waals surface area contributed by atoms with Crippen LogP contribution in [0.25, 0.3) is 6.08 Å². The molecular weight excluding hydrogens is 528 g/mol. The number of ketones is 1. The monoisotopic (exact) mass is 547 g/mol. The molecule has 0 aliphatic carbocycles. The first-order valence-electron chi connectivity index (χ1n) is 11.4. The van der Waals surface area contributed by atoms with Crippen molar-refractivity contribution in [2.75, 3.05) is 4.90 Å². The fourth-order valence-electron chi connectivity index (χ4n) is 3.96. The third kappa shape index (κ3) is 5.27. The fraction of sp³-hybridized carbons (Fsp3) is 0.0714. The Bertz CT molecular complexity index is 1550. The first kappa shape index (κ1) is 25.5. The van der Waals surface area contributed by atoms with Crippen molar-refractivity contribution >= 4 is 46.0 Å². The maximum Gasteiger partial charge on any atom is 0.296 e. The molecule has 38 heavy (non-hydrogen) atoms. The minimum Gasteiger partial charge on any atom is -0.503 e. The first-order chi connectivity index (χ1) is 18.4. The number of carbonyl (C=O) groups excluding carboxylic acids is 2. The Balaban J connectivity index is 1.46. The Kier molecular flexibility index (Phi) is 7.43. The molecule has 0 spiro atoms. The van der Waals surface area contributed by atoms with Crippen molar-refractivity contribution in [1.82, 2.24) is 10.2 Å². The largest absolute Gasteiger partial charge is 0.503 e. The van der Waals surface area contributed by atoms with Crippen molar-refractivity contribution in [2.45, 2.75) is 16.1 Å². The molecule has 190 valence electrons. The Morgan fingerprint density at radius 3 is 2.45 bits per heavy atom. The number of nitrogens with zero attached hydrogens (tertiary/aromatic N) is 3. The number of hydrogen-bond acceptors (Lipinski definition) is 7. The lowest BCUT2D eigenvalue weighted by atomic mass is 9.95. The van der Waals surface area contributed by atoms with Crippen LogP contribution in [-0.2, 0) is 15.3 Å². The number of carbonyl (C=O) groups is 2. The summed E-state index contributed by atoms with van der Waals surface area (Å²) in [5.41, 5.74) is 1.41. The molecule has 2 heterocycles. The minimum atomic E-state index is -1.24. The molecule has 10 heteroatoms. The molecule has 4 aromatic rings. The third-order valence-electron chi connectivity index (χ3n) is 5.78. The standard InChI is InChI=1S/C28H19F2N3O3S2/c29-19-13-10-18(11-14-19)16-37-28-32-31-27(38-28)33-24(20-8-4-5-9-21(20)30)23(25(35)26(33)36)22(34)15-12-17-6-2-1-3-7-17/h1-15,24,35H,16H2. The second-order valence-corrected chi connectivity index (χ2v) is 10.4. The number of halogens is 2. The zero-order valence-electron chi connectivity index (χ0n) is 19.6. The second kappa shape index (κ2) is 11.1. The van der Waals surface area contributed by atoms with Gasteiger partial charge in [0.05, 0.1) is 5.57 Å². The summed E-state index contributed by atoms with van der Waals surface area (Å²) < 4.78 is 28.7. The van der Waals surface area contributed by atoms with Crippen molar-refractivity contribution in [3.63, 3.8) is 0 Å². The number of allylic oxidation sites excluding steroid dienone is 1. The van der Waals surface area contributed by atoms with Gasteiger partial charge in [-0.1, -0.05) is 89.8 Å². The van der Waals surface area contributed by atoms with Crippen LogP contribution in [0.4, 0.5) is 13.9 Å². The molecule has 1 atom stereocenters. The molecule has 1 aromatic heterocycles. The molecule has 1 amide bonds. The number of rotatable bonds is 8. The fourth-order valence-corrected chi connectivity index (χ4v) is 5.78. The van der Waals surface area contributed by atoms with E-state index in [-0.39, 0.29) is 22.1 Å². The summed E-state index contributed by atoms with van der Waals surface area (Å²) in [6, 6.07) is 19.6. The predicted molar refractivity (Wildman–Crippen MR) is 143 cm³/mol. The number of benzene rings is 3. The predicted octanol–water partition coefficient (Wildman–Crippen LogP) is 6.29. The topological polar surface area (TPSA) is 83.4 Å². The lowest BCUT2D eigenvalue weighted by Gasteiger charge is -2.24. The van der Waals surface area contributed by atoms with E-state index in [0.29, 0.717) is 10.1 Å². The van der Waals surface area contributed by atoms with Crippen molar-refractivity contribution in [3.8, 4) is 0 Å². The highest BCUT2D eigenvalue weighted by molar-refractivity contribution is 8.00. The number of aromatic nitrogens is 2. The van der Waals surface area contributed by atoms with E-state index < -0.39 is 29.3 Å². The van der Waals surface area contributed by atoms with Gasteiger partial charge in [-0.05, 0) is 35.4 Å². The van der Waals surface area contributed by atoms with Crippen LogP contribution in [0.3, 0.4) is 0 Å². The molecule has 1 unspecified atom stereocenters. The highest BCUT2D eigenvalue weighted by Gasteiger charge is 2.46. The summed E-state index contributed by atoms with van der Waals surface area (Å²) in [4.78, 5) is 27.6. The Hall–Kier alpha value is -4.15. The van der Waals surface area contributed by atoms with Crippen molar-refractivity contribution in [1.29, 1.82) is 0 Å². The molecule has 1 aliphatic heterocycles. The van der Waals surface area contributed by atoms with Gasteiger partial charge in [0.2, 0.25) is 5.13 Å². The van der Waals surface area contributed by atoms with E-state index in [0.717, 1.165) is 27.4 Å². The molecule has 1 N–H and O–H groups in total. The van der Waals surface area contributed by atoms with Crippen LogP contribution in [0.5, 0.6) is 0 Å². The van der Waals surface area contributed by atoms with E-state index in [1.165, 1.54) is 48.2 Å². The van der Waals surface area contributed by atoms with Gasteiger partial charge < -0.3 is 5.11 Å². The SMILES string of the molecule is O=C(C=Cc1ccccc1)C1=C(O)C(=O)N(c2nnc(SCc3ccc(F)cc3)s2)C1c1ccccc1F. The second-order valence-electron chi connectivity index (χ2n) is 8.24. The first-order valence-corrected chi connectivity index (χ1v) is 13.2. The maximum absolute atomic E-state index is 15.0. The van der Waals surface area contributed by atoms with Crippen LogP contribution in [0.1, 0.15) is 22.7 Å². The Labute approximate surface area is 225 Å². The van der Waals surface area contributed by atoms with Crippen molar-refractivity contribution < 1.29 is 23.5 Å². The molecular formula is C28H19F2N3O3S2. The Morgan fingerprint density at radius 1 is 1.00 bits per heavy atom. The van der Waals surface area contributed by atoms with E-state index in [9.17, 15) is 23.5 Å². The normalized spacial score (nSPS) is 15.6. The molecule has 0 saturated heterocycles. The lowest BCUT2D eigenvalue weighted by molar-refractivity contribution is -0.117. The van der Waals surface area contributed by atoms with Crippen LogP contribution < -0.4 is 4.90 Å². The van der Waals surface area contributed by atoms with Crippen LogP contribution in [0, 0.1) is 11.6 Å². The lowest BCUT2D eigenvalue weighted by Crippen LogP contribution is -2.31. The molecule has 5 rings (SSSR count). The number of amides is 1. The van der Waals surface area contributed by atoms with E-state index in [4.69, 9.17) is 0 Å². The highest BCUT2D eigenvalue weighted by atomic mass is 32.2. The van der Waals surface area contributed by atoms with Gasteiger partial charge in [0.15, 0.2) is 15.9 Å². The van der Waals surface area contributed by atoms with Gasteiger partial charge in [0.1, 0.15) is 17.7 Å². The van der Waals surface area contributed by atoms with Gasteiger partial charge >= 0.3 is 0 Å². The van der Waals surface area contributed by atoms with E-state index in [2.05, 4.69) is 10.2 Å². The number of aliphatic hydroxyl groups excluding tert-OH is 1. The quantitative estimate of drug-likeness (QED) is 0.159. The van der Waals surface area contributed by atoms with Crippen LogP contribution in [0.2, 0.25) is 0 Å². The Morgan fingerprint density at radius 2 is 1.71 bits per heavy atom. The summed E-state index contributed by atoms with van der Waals surface area (Å²) in [5, 5.41) is 19.1. The summed E-state index contributed by atoms with van der Waals surface area (Å²) >= 11 is 2.40. The molecule has 0 saturated carbocycles. The van der Waals surface area contributed by atoms with Gasteiger partial charge in [0, 0.05) is 11.3 Å². The minimum absolute atomic E-state index is 0.0390. The van der Waals surface area contributed by atoms with Crippen molar-refractivity contribution in [2.24, 2.45) is 0 Å². The number of hydrogen-bond donors (Lipinski definition) is 1. The highest BCUT2D eigenvalue weighted by Crippen LogP contribution is 2.44. The maximum atomic E-state index is 15.0. The summed E-state index contributed by atoms with van der Waals surface area (Å²) in [6.45, 7) is 0. The molecule has 0 bridgehead atoms. The van der Waals surface area contributed by atoms with Crippen molar-refractivity contribution in [3.05, 3.63) is 125 Å². The van der Waals surface area contributed by atoms with Gasteiger partial charge in [0.25, 0.3) is 5.91 Å². The van der Waals surface area contributed by atoms with E-state index in [1.54, 1.807) is 36.4 Å². The van der Waals surface area contributed by atoms with Gasteiger partial charge in [-0.3, -0.25) is 14.5 Å². The third-order valence-corrected chi connectivity index (χ3v) is 7.90. The summed E-state index contributed by atoms with van der Waals surface area (Å²) in [7, 11) is 0. The average molecular weight is 548 g/mol. The zero-order chi connectivity index (χ0) is 26.6. The summed E-state index contributed by atoms with van der Waals surface area (Å²) in [5.74, 6) is -2.77. The number of aliphatic hydroxyl groups is 1. The summed E-state index contributed by atoms with van der Waals surface area (Å²) in [6.07, 6.45) is 2.80.